The van der Waals surface area contributed by atoms with Crippen molar-refractivity contribution in [3.63, 3.8) is 0 Å². The molecule has 4 aromatic rings. The molecule has 6 nitrogen and oxygen atoms in total. The maximum Gasteiger partial charge on any atom is 0.259 e. The van der Waals surface area contributed by atoms with Gasteiger partial charge in [-0.05, 0) is 54.5 Å². The molecule has 1 heterocycles. The van der Waals surface area contributed by atoms with Crippen molar-refractivity contribution in [3.05, 3.63) is 113 Å². The van der Waals surface area contributed by atoms with Crippen molar-refractivity contribution in [2.45, 2.75) is 52.2 Å². The quantitative estimate of drug-likeness (QED) is 0.286. The van der Waals surface area contributed by atoms with E-state index in [-0.39, 0.29) is 36.9 Å². The summed E-state index contributed by atoms with van der Waals surface area (Å²) in [6.07, 6.45) is 1.14. The van der Waals surface area contributed by atoms with Crippen molar-refractivity contribution in [1.82, 2.24) is 10.2 Å². The van der Waals surface area contributed by atoms with Gasteiger partial charge in [0.25, 0.3) is 5.91 Å². The van der Waals surface area contributed by atoms with Gasteiger partial charge in [0, 0.05) is 30.0 Å². The molecular weight excluding hydrogens is 498 g/mol. The second-order valence-corrected chi connectivity index (χ2v) is 10.5. The number of nitrogens with zero attached hydrogens (tertiary/aromatic N) is 2. The number of hydrogen-bond acceptors (Lipinski definition) is 3. The topological polar surface area (TPSA) is 69.7 Å². The fourth-order valence-corrected chi connectivity index (χ4v) is 5.33. The van der Waals surface area contributed by atoms with Crippen molar-refractivity contribution >= 4 is 34.2 Å². The Morgan fingerprint density at radius 2 is 1.60 bits per heavy atom. The molecule has 0 aliphatic carbocycles. The molecule has 40 heavy (non-hydrogen) atoms. The third kappa shape index (κ3) is 5.48. The molecule has 4 aromatic carbocycles. The summed E-state index contributed by atoms with van der Waals surface area (Å²) in [4.78, 5) is 44.8. The first-order valence-corrected chi connectivity index (χ1v) is 13.9. The average molecular weight is 534 g/mol. The molecule has 0 unspecified atom stereocenters. The van der Waals surface area contributed by atoms with E-state index < -0.39 is 6.04 Å². The number of nitrogens with one attached hydrogen (secondary N) is 1. The van der Waals surface area contributed by atoms with Crippen LogP contribution in [-0.2, 0) is 22.6 Å². The van der Waals surface area contributed by atoms with Crippen molar-refractivity contribution < 1.29 is 14.4 Å². The zero-order valence-electron chi connectivity index (χ0n) is 23.3. The molecule has 1 aliphatic heterocycles. The predicted octanol–water partition coefficient (Wildman–Crippen LogP) is 5.66. The fourth-order valence-electron chi connectivity index (χ4n) is 5.33. The highest BCUT2D eigenvalue weighted by atomic mass is 16.2. The number of hydrogen-bond donors (Lipinski definition) is 1. The van der Waals surface area contributed by atoms with Crippen LogP contribution in [0.5, 0.6) is 0 Å². The highest BCUT2D eigenvalue weighted by molar-refractivity contribution is 6.26. The summed E-state index contributed by atoms with van der Waals surface area (Å²) in [7, 11) is 0. The van der Waals surface area contributed by atoms with E-state index in [0.717, 1.165) is 39.6 Å². The third-order valence-corrected chi connectivity index (χ3v) is 7.82. The SMILES string of the molecule is CC[C@@H](C)NC(=O)[C@@H](Cc1ccccc1)N(Cc1ccccc1C)C(=O)CN1C(=O)c2cccc3cccc1c23. The molecule has 0 spiro atoms. The standard InChI is InChI=1S/C34H35N3O3/c1-4-24(3)35-33(39)30(20-25-13-6-5-7-14-25)36(21-27-15-9-8-12-23(27)2)31(38)22-37-29-19-11-17-26-16-10-18-28(32(26)29)34(37)40/h5-19,24,30H,4,20-22H2,1-3H3,(H,35,39)/t24-,30-/m1/s1. The molecule has 6 heteroatoms. The summed E-state index contributed by atoms with van der Waals surface area (Å²) < 4.78 is 0. The minimum absolute atomic E-state index is 0.0338. The second kappa shape index (κ2) is 11.7. The molecule has 0 bridgehead atoms. The van der Waals surface area contributed by atoms with E-state index in [0.29, 0.717) is 12.0 Å². The van der Waals surface area contributed by atoms with Crippen LogP contribution in [0.25, 0.3) is 10.8 Å². The molecule has 0 saturated carbocycles. The van der Waals surface area contributed by atoms with Crippen LogP contribution in [-0.4, -0.2) is 41.2 Å². The molecule has 1 N–H and O–H groups in total. The number of aryl methyl sites for hydroxylation is 1. The van der Waals surface area contributed by atoms with Gasteiger partial charge >= 0.3 is 0 Å². The van der Waals surface area contributed by atoms with E-state index in [9.17, 15) is 14.4 Å². The second-order valence-electron chi connectivity index (χ2n) is 10.5. The largest absolute Gasteiger partial charge is 0.352 e. The first-order chi connectivity index (χ1) is 19.4. The van der Waals surface area contributed by atoms with E-state index >= 15 is 0 Å². The molecule has 0 radical (unpaired) electrons. The number of rotatable bonds is 10. The molecule has 5 rings (SSSR count). The Labute approximate surface area is 235 Å². The lowest BCUT2D eigenvalue weighted by Crippen LogP contribution is -2.54. The minimum atomic E-state index is -0.751. The van der Waals surface area contributed by atoms with Gasteiger partial charge in [-0.3, -0.25) is 19.3 Å². The lowest BCUT2D eigenvalue weighted by atomic mass is 10.0. The summed E-state index contributed by atoms with van der Waals surface area (Å²) >= 11 is 0. The molecular formula is C34H35N3O3. The Kier molecular flexibility index (Phi) is 7.96. The van der Waals surface area contributed by atoms with E-state index in [1.165, 1.54) is 0 Å². The van der Waals surface area contributed by atoms with E-state index in [1.807, 2.05) is 112 Å². The Bertz CT molecular complexity index is 1540. The van der Waals surface area contributed by atoms with Gasteiger partial charge in [-0.1, -0.05) is 85.8 Å². The van der Waals surface area contributed by atoms with Gasteiger partial charge < -0.3 is 10.2 Å². The monoisotopic (exact) mass is 533 g/mol. The predicted molar refractivity (Wildman–Crippen MR) is 159 cm³/mol. The third-order valence-electron chi connectivity index (χ3n) is 7.82. The maximum absolute atomic E-state index is 14.3. The van der Waals surface area contributed by atoms with Gasteiger partial charge in [-0.2, -0.15) is 0 Å². The molecule has 1 aliphatic rings. The summed E-state index contributed by atoms with van der Waals surface area (Å²) in [6, 6.07) is 28.3. The summed E-state index contributed by atoms with van der Waals surface area (Å²) in [5.74, 6) is -0.667. The van der Waals surface area contributed by atoms with Gasteiger partial charge in [0.2, 0.25) is 11.8 Å². The van der Waals surface area contributed by atoms with Crippen LogP contribution >= 0.6 is 0 Å². The summed E-state index contributed by atoms with van der Waals surface area (Å²) in [6.45, 7) is 6.09. The van der Waals surface area contributed by atoms with Gasteiger partial charge in [0.15, 0.2) is 0 Å². The van der Waals surface area contributed by atoms with E-state index in [4.69, 9.17) is 0 Å². The lowest BCUT2D eigenvalue weighted by Gasteiger charge is -2.34. The lowest BCUT2D eigenvalue weighted by molar-refractivity contribution is -0.140. The molecule has 2 atom stereocenters. The number of amides is 3. The summed E-state index contributed by atoms with van der Waals surface area (Å²) in [5.41, 5.74) is 4.29. The van der Waals surface area contributed by atoms with Crippen molar-refractivity contribution in [1.29, 1.82) is 0 Å². The van der Waals surface area contributed by atoms with E-state index in [2.05, 4.69) is 5.32 Å². The number of benzene rings is 4. The molecule has 204 valence electrons. The van der Waals surface area contributed by atoms with Crippen LogP contribution in [0.15, 0.2) is 91.0 Å². The van der Waals surface area contributed by atoms with Crippen molar-refractivity contribution in [2.75, 3.05) is 11.4 Å². The Morgan fingerprint density at radius 3 is 2.33 bits per heavy atom. The first-order valence-electron chi connectivity index (χ1n) is 13.9. The fraction of sp³-hybridized carbons (Fsp3) is 0.265. The number of carbonyl (C=O) groups is 3. The van der Waals surface area contributed by atoms with Gasteiger partial charge in [0.05, 0.1) is 5.69 Å². The highest BCUT2D eigenvalue weighted by Gasteiger charge is 2.36. The van der Waals surface area contributed by atoms with Gasteiger partial charge in [0.1, 0.15) is 12.6 Å². The first kappa shape index (κ1) is 27.1. The highest BCUT2D eigenvalue weighted by Crippen LogP contribution is 2.37. The van der Waals surface area contributed by atoms with Crippen LogP contribution in [0.3, 0.4) is 0 Å². The maximum atomic E-state index is 14.3. The van der Waals surface area contributed by atoms with Crippen LogP contribution in [0.1, 0.15) is 47.3 Å². The number of anilines is 1. The zero-order valence-corrected chi connectivity index (χ0v) is 23.3. The molecule has 0 fully saturated rings. The zero-order chi connectivity index (χ0) is 28.2. The van der Waals surface area contributed by atoms with Crippen molar-refractivity contribution in [2.24, 2.45) is 0 Å². The van der Waals surface area contributed by atoms with Crippen LogP contribution in [0, 0.1) is 6.92 Å². The number of carbonyl (C=O) groups excluding carboxylic acids is 3. The smallest absolute Gasteiger partial charge is 0.259 e. The van der Waals surface area contributed by atoms with Crippen LogP contribution in [0.2, 0.25) is 0 Å². The minimum Gasteiger partial charge on any atom is -0.352 e. The Morgan fingerprint density at radius 1 is 0.900 bits per heavy atom. The Balaban J connectivity index is 1.52. The molecule has 3 amide bonds. The normalized spacial score (nSPS) is 13.8. The molecule has 0 saturated heterocycles. The molecule has 0 aromatic heterocycles. The van der Waals surface area contributed by atoms with Crippen molar-refractivity contribution in [3.8, 4) is 0 Å². The van der Waals surface area contributed by atoms with Crippen LogP contribution < -0.4 is 10.2 Å². The Hall–Kier alpha value is -4.45. The van der Waals surface area contributed by atoms with Gasteiger partial charge in [-0.15, -0.1) is 0 Å². The van der Waals surface area contributed by atoms with E-state index in [1.54, 1.807) is 9.80 Å². The van der Waals surface area contributed by atoms with Crippen LogP contribution in [0.4, 0.5) is 5.69 Å². The summed E-state index contributed by atoms with van der Waals surface area (Å²) in [5, 5.41) is 4.93. The average Bonchev–Trinajstić information content (AvgIpc) is 3.24. The van der Waals surface area contributed by atoms with Gasteiger partial charge in [-0.25, -0.2) is 0 Å².